The van der Waals surface area contributed by atoms with Gasteiger partial charge in [0.1, 0.15) is 0 Å². The number of nitrogens with zero attached hydrogens (tertiary/aromatic N) is 2. The Labute approximate surface area is 82.9 Å². The second-order valence-electron chi connectivity index (χ2n) is 4.01. The van der Waals surface area contributed by atoms with Crippen molar-refractivity contribution in [3.8, 4) is 0 Å². The minimum absolute atomic E-state index is 0.205. The zero-order chi connectivity index (χ0) is 10.2. The summed E-state index contributed by atoms with van der Waals surface area (Å²) in [6.07, 6.45) is 1.52. The highest BCUT2D eigenvalue weighted by atomic mass is 16.3. The molecule has 1 aliphatic rings. The van der Waals surface area contributed by atoms with Crippen LogP contribution in [-0.4, -0.2) is 45.9 Å². The molecule has 4 N–H and O–H groups in total. The highest BCUT2D eigenvalue weighted by Gasteiger charge is 2.40. The predicted molar refractivity (Wildman–Crippen MR) is 52.6 cm³/mol. The maximum atomic E-state index is 9.27. The Bertz CT molecular complexity index is 294. The number of β-amino-alcohol motifs (C(OH)–C–C–N with tert-alkyl or cyclic N) is 1. The number of aliphatic hydroxyl groups excluding tert-OH is 1. The normalized spacial score (nSPS) is 23.1. The summed E-state index contributed by atoms with van der Waals surface area (Å²) in [5.41, 5.74) is 6.56. The molecule has 1 fully saturated rings. The molecule has 0 amide bonds. The molecule has 78 valence electrons. The van der Waals surface area contributed by atoms with Crippen LogP contribution >= 0.6 is 0 Å². The number of H-pyrrole nitrogens is 1. The van der Waals surface area contributed by atoms with Crippen molar-refractivity contribution in [1.82, 2.24) is 15.1 Å². The van der Waals surface area contributed by atoms with Gasteiger partial charge in [0.15, 0.2) is 0 Å². The van der Waals surface area contributed by atoms with Gasteiger partial charge in [-0.3, -0.25) is 10.00 Å². The lowest BCUT2D eigenvalue weighted by molar-refractivity contribution is -0.0623. The van der Waals surface area contributed by atoms with Gasteiger partial charge in [-0.2, -0.15) is 5.10 Å². The van der Waals surface area contributed by atoms with Gasteiger partial charge in [0, 0.05) is 25.8 Å². The summed E-state index contributed by atoms with van der Waals surface area (Å²) < 4.78 is 0. The molecular weight excluding hydrogens is 180 g/mol. The molecule has 1 aromatic heterocycles. The first-order valence-electron chi connectivity index (χ1n) is 4.80. The summed E-state index contributed by atoms with van der Waals surface area (Å²) in [5, 5.41) is 16.1. The number of hydrogen-bond donors (Lipinski definition) is 3. The van der Waals surface area contributed by atoms with Crippen molar-refractivity contribution >= 4 is 0 Å². The molecule has 2 rings (SSSR count). The quantitative estimate of drug-likeness (QED) is 0.595. The van der Waals surface area contributed by atoms with E-state index in [1.165, 1.54) is 0 Å². The van der Waals surface area contributed by atoms with Crippen LogP contribution in [0.15, 0.2) is 12.3 Å². The highest BCUT2D eigenvalue weighted by Crippen LogP contribution is 2.29. The van der Waals surface area contributed by atoms with Crippen molar-refractivity contribution in [2.75, 3.05) is 19.6 Å². The van der Waals surface area contributed by atoms with Gasteiger partial charge in [-0.05, 0) is 13.0 Å². The van der Waals surface area contributed by atoms with Gasteiger partial charge in [-0.1, -0.05) is 0 Å². The Morgan fingerprint density at radius 2 is 2.50 bits per heavy atom. The van der Waals surface area contributed by atoms with E-state index in [0.29, 0.717) is 19.6 Å². The number of rotatable bonds is 3. The fourth-order valence-corrected chi connectivity index (χ4v) is 1.82. The molecular formula is C9H16N4O. The van der Waals surface area contributed by atoms with E-state index in [9.17, 15) is 5.11 Å². The average Bonchev–Trinajstić information content (AvgIpc) is 2.65. The summed E-state index contributed by atoms with van der Waals surface area (Å²) in [6, 6.07) is 1.93. The molecule has 14 heavy (non-hydrogen) atoms. The summed E-state index contributed by atoms with van der Waals surface area (Å²) in [4.78, 5) is 2.16. The first-order chi connectivity index (χ1) is 6.66. The number of nitrogens with one attached hydrogen (secondary N) is 1. The molecule has 1 aliphatic heterocycles. The van der Waals surface area contributed by atoms with E-state index in [-0.39, 0.29) is 11.6 Å². The lowest BCUT2D eigenvalue weighted by Gasteiger charge is -2.48. The fourth-order valence-electron chi connectivity index (χ4n) is 1.82. The Morgan fingerprint density at radius 1 is 1.79 bits per heavy atom. The van der Waals surface area contributed by atoms with E-state index in [1.807, 2.05) is 6.07 Å². The predicted octanol–water partition coefficient (Wildman–Crippen LogP) is -0.740. The van der Waals surface area contributed by atoms with Crippen molar-refractivity contribution in [1.29, 1.82) is 0 Å². The number of aromatic nitrogens is 2. The standard InChI is InChI=1S/C9H16N4O/c1-9(6-10,8-2-3-11-12-8)13-4-7(14)5-13/h2-3,7,14H,4-6,10H2,1H3,(H,11,12). The second-order valence-corrected chi connectivity index (χ2v) is 4.01. The number of aromatic amines is 1. The summed E-state index contributed by atoms with van der Waals surface area (Å²) in [6.45, 7) is 3.95. The van der Waals surface area contributed by atoms with Gasteiger partial charge in [-0.15, -0.1) is 0 Å². The van der Waals surface area contributed by atoms with Gasteiger partial charge in [0.05, 0.1) is 17.3 Å². The average molecular weight is 196 g/mol. The number of hydrogen-bond acceptors (Lipinski definition) is 4. The summed E-state index contributed by atoms with van der Waals surface area (Å²) in [7, 11) is 0. The lowest BCUT2D eigenvalue weighted by atomic mass is 9.91. The lowest BCUT2D eigenvalue weighted by Crippen LogP contribution is -2.62. The van der Waals surface area contributed by atoms with Crippen molar-refractivity contribution in [3.05, 3.63) is 18.0 Å². The van der Waals surface area contributed by atoms with Crippen molar-refractivity contribution < 1.29 is 5.11 Å². The molecule has 1 unspecified atom stereocenters. The van der Waals surface area contributed by atoms with E-state index in [1.54, 1.807) is 6.20 Å². The van der Waals surface area contributed by atoms with Crippen LogP contribution in [0, 0.1) is 0 Å². The molecule has 0 radical (unpaired) electrons. The van der Waals surface area contributed by atoms with Crippen LogP contribution in [0.1, 0.15) is 12.6 Å². The van der Waals surface area contributed by atoms with Gasteiger partial charge < -0.3 is 10.8 Å². The van der Waals surface area contributed by atoms with Crippen LogP contribution in [0.25, 0.3) is 0 Å². The second kappa shape index (κ2) is 3.34. The molecule has 1 saturated heterocycles. The highest BCUT2D eigenvalue weighted by molar-refractivity contribution is 5.15. The molecule has 5 nitrogen and oxygen atoms in total. The molecule has 0 bridgehead atoms. The Kier molecular flexibility index (Phi) is 2.30. The monoisotopic (exact) mass is 196 g/mol. The Morgan fingerprint density at radius 3 is 2.93 bits per heavy atom. The first-order valence-corrected chi connectivity index (χ1v) is 4.80. The Hall–Kier alpha value is -0.910. The van der Waals surface area contributed by atoms with Crippen LogP contribution < -0.4 is 5.73 Å². The van der Waals surface area contributed by atoms with Crippen LogP contribution in [-0.2, 0) is 5.54 Å². The molecule has 1 aromatic rings. The third-order valence-electron chi connectivity index (χ3n) is 3.04. The molecule has 0 aromatic carbocycles. The zero-order valence-electron chi connectivity index (χ0n) is 8.27. The van der Waals surface area contributed by atoms with E-state index in [0.717, 1.165) is 5.69 Å². The van der Waals surface area contributed by atoms with E-state index >= 15 is 0 Å². The van der Waals surface area contributed by atoms with Gasteiger partial charge in [0.25, 0.3) is 0 Å². The minimum Gasteiger partial charge on any atom is -0.390 e. The minimum atomic E-state index is -0.226. The molecule has 0 saturated carbocycles. The van der Waals surface area contributed by atoms with Gasteiger partial charge >= 0.3 is 0 Å². The maximum absolute atomic E-state index is 9.27. The Balaban J connectivity index is 2.18. The van der Waals surface area contributed by atoms with Crippen molar-refractivity contribution in [3.63, 3.8) is 0 Å². The first kappa shape index (κ1) is 9.64. The zero-order valence-corrected chi connectivity index (χ0v) is 8.27. The summed E-state index contributed by atoms with van der Waals surface area (Å²) in [5.74, 6) is 0. The number of likely N-dealkylation sites (tertiary alicyclic amines) is 1. The smallest absolute Gasteiger partial charge is 0.0794 e. The van der Waals surface area contributed by atoms with Crippen molar-refractivity contribution in [2.45, 2.75) is 18.6 Å². The third-order valence-corrected chi connectivity index (χ3v) is 3.04. The molecule has 5 heteroatoms. The van der Waals surface area contributed by atoms with Gasteiger partial charge in [-0.25, -0.2) is 0 Å². The molecule has 2 heterocycles. The van der Waals surface area contributed by atoms with Crippen LogP contribution in [0.2, 0.25) is 0 Å². The largest absolute Gasteiger partial charge is 0.390 e. The SMILES string of the molecule is CC(CN)(c1ccn[nH]1)N1CC(O)C1. The summed E-state index contributed by atoms with van der Waals surface area (Å²) >= 11 is 0. The molecule has 0 spiro atoms. The van der Waals surface area contributed by atoms with E-state index in [2.05, 4.69) is 22.0 Å². The van der Waals surface area contributed by atoms with Crippen LogP contribution in [0.4, 0.5) is 0 Å². The fraction of sp³-hybridized carbons (Fsp3) is 0.667. The van der Waals surface area contributed by atoms with E-state index < -0.39 is 0 Å². The van der Waals surface area contributed by atoms with Crippen LogP contribution in [0.3, 0.4) is 0 Å². The topological polar surface area (TPSA) is 78.2 Å². The number of aliphatic hydroxyl groups is 1. The molecule has 0 aliphatic carbocycles. The number of nitrogens with two attached hydrogens (primary N) is 1. The van der Waals surface area contributed by atoms with Crippen LogP contribution in [0.5, 0.6) is 0 Å². The van der Waals surface area contributed by atoms with Crippen molar-refractivity contribution in [2.24, 2.45) is 5.73 Å². The van der Waals surface area contributed by atoms with Gasteiger partial charge in [0.2, 0.25) is 0 Å². The van der Waals surface area contributed by atoms with E-state index in [4.69, 9.17) is 5.73 Å². The maximum Gasteiger partial charge on any atom is 0.0794 e. The molecule has 1 atom stereocenters. The third kappa shape index (κ3) is 1.33.